The molecule has 3 rings (SSSR count). The van der Waals surface area contributed by atoms with Crippen LogP contribution in [0.25, 0.3) is 0 Å². The summed E-state index contributed by atoms with van der Waals surface area (Å²) >= 11 is 0. The summed E-state index contributed by atoms with van der Waals surface area (Å²) in [5.41, 5.74) is -0.121. The molecule has 1 aliphatic heterocycles. The van der Waals surface area contributed by atoms with Crippen molar-refractivity contribution in [1.82, 2.24) is 0 Å². The molecule has 0 bridgehead atoms. The molecule has 10 heteroatoms. The Balaban J connectivity index is 2.15. The fourth-order valence-corrected chi connectivity index (χ4v) is 4.14. The van der Waals surface area contributed by atoms with E-state index in [9.17, 15) is 23.6 Å². The number of nitrogens with zero attached hydrogens (tertiary/aromatic N) is 3. The number of hydrogen-bond acceptors (Lipinski definition) is 7. The third kappa shape index (κ3) is 3.05. The van der Waals surface area contributed by atoms with Crippen molar-refractivity contribution >= 4 is 21.4 Å². The fourth-order valence-electron chi connectivity index (χ4n) is 2.59. The summed E-state index contributed by atoms with van der Waals surface area (Å²) in [6.07, 6.45) is -0.821. The van der Waals surface area contributed by atoms with Gasteiger partial charge in [0, 0.05) is 12.1 Å². The Bertz CT molecular complexity index is 1010. The number of anilines is 1. The topological polar surface area (TPSA) is 134 Å². The molecule has 0 amide bonds. The zero-order valence-electron chi connectivity index (χ0n) is 13.3. The van der Waals surface area contributed by atoms with E-state index < -0.39 is 27.7 Å². The second-order valence-electron chi connectivity index (χ2n) is 5.51. The molecule has 1 heterocycles. The Labute approximate surface area is 148 Å². The van der Waals surface area contributed by atoms with Crippen molar-refractivity contribution in [3.05, 3.63) is 58.1 Å². The number of aliphatic hydroxyl groups is 1. The van der Waals surface area contributed by atoms with Crippen LogP contribution in [-0.2, 0) is 10.0 Å². The van der Waals surface area contributed by atoms with Gasteiger partial charge in [-0.2, -0.15) is 5.26 Å². The second kappa shape index (κ2) is 6.62. The van der Waals surface area contributed by atoms with Crippen LogP contribution in [0.5, 0.6) is 5.75 Å². The molecular formula is C16H13N3O6S. The molecule has 2 aromatic carbocycles. The van der Waals surface area contributed by atoms with Gasteiger partial charge in [0.1, 0.15) is 17.5 Å². The van der Waals surface area contributed by atoms with Gasteiger partial charge in [-0.25, -0.2) is 8.42 Å². The number of nitriles is 1. The lowest BCUT2D eigenvalue weighted by atomic mass is 10.2. The van der Waals surface area contributed by atoms with Crippen LogP contribution in [-0.4, -0.2) is 37.7 Å². The highest BCUT2D eigenvalue weighted by Gasteiger charge is 2.35. The first-order valence-electron chi connectivity index (χ1n) is 7.45. The van der Waals surface area contributed by atoms with Gasteiger partial charge in [-0.05, 0) is 24.3 Å². The molecule has 0 aliphatic carbocycles. The SMILES string of the molecule is N#Cc1cccc(S(=O)(=O)N2C[C@H](CO)Oc3ccc([N+](=O)[O-])cc32)c1. The molecule has 26 heavy (non-hydrogen) atoms. The van der Waals surface area contributed by atoms with E-state index in [1.54, 1.807) is 0 Å². The van der Waals surface area contributed by atoms with Crippen molar-refractivity contribution in [1.29, 1.82) is 5.26 Å². The van der Waals surface area contributed by atoms with Crippen molar-refractivity contribution in [2.75, 3.05) is 17.5 Å². The summed E-state index contributed by atoms with van der Waals surface area (Å²) in [7, 11) is -4.12. The first-order valence-corrected chi connectivity index (χ1v) is 8.89. The van der Waals surface area contributed by atoms with E-state index in [0.29, 0.717) is 0 Å². The molecule has 0 saturated carbocycles. The molecule has 0 aromatic heterocycles. The van der Waals surface area contributed by atoms with E-state index in [1.807, 2.05) is 6.07 Å². The molecule has 134 valence electrons. The van der Waals surface area contributed by atoms with Gasteiger partial charge < -0.3 is 9.84 Å². The number of nitro groups is 1. The standard InChI is InChI=1S/C16H13N3O6S/c17-8-11-2-1-3-14(6-11)26(23,24)18-9-13(10-20)25-16-5-4-12(19(21)22)7-15(16)18/h1-7,13,20H,9-10H2/t13-/m1/s1. The summed E-state index contributed by atoms with van der Waals surface area (Å²) in [4.78, 5) is 10.3. The van der Waals surface area contributed by atoms with Gasteiger partial charge >= 0.3 is 0 Å². The number of rotatable bonds is 4. The van der Waals surface area contributed by atoms with Gasteiger partial charge in [-0.3, -0.25) is 14.4 Å². The fraction of sp³-hybridized carbons (Fsp3) is 0.188. The zero-order valence-corrected chi connectivity index (χ0v) is 14.1. The molecule has 1 N–H and O–H groups in total. The number of sulfonamides is 1. The van der Waals surface area contributed by atoms with Crippen LogP contribution in [0, 0.1) is 21.4 Å². The monoisotopic (exact) mass is 375 g/mol. The predicted molar refractivity (Wildman–Crippen MR) is 90.3 cm³/mol. The van der Waals surface area contributed by atoms with Crippen LogP contribution in [0.1, 0.15) is 5.56 Å². The smallest absolute Gasteiger partial charge is 0.271 e. The van der Waals surface area contributed by atoms with Gasteiger partial charge in [0.05, 0.1) is 34.6 Å². The van der Waals surface area contributed by atoms with Crippen molar-refractivity contribution < 1.29 is 23.2 Å². The lowest BCUT2D eigenvalue weighted by molar-refractivity contribution is -0.384. The number of non-ortho nitro benzene ring substituents is 1. The Morgan fingerprint density at radius 1 is 1.35 bits per heavy atom. The molecule has 0 saturated heterocycles. The van der Waals surface area contributed by atoms with Crippen molar-refractivity contribution in [2.45, 2.75) is 11.0 Å². The second-order valence-corrected chi connectivity index (χ2v) is 7.37. The molecule has 1 aliphatic rings. The van der Waals surface area contributed by atoms with Gasteiger partial charge in [-0.15, -0.1) is 0 Å². The molecule has 1 atom stereocenters. The summed E-state index contributed by atoms with van der Waals surface area (Å²) in [5.74, 6) is 0.112. The van der Waals surface area contributed by atoms with Crippen molar-refractivity contribution in [3.8, 4) is 11.8 Å². The highest BCUT2D eigenvalue weighted by molar-refractivity contribution is 7.92. The predicted octanol–water partition coefficient (Wildman–Crippen LogP) is 1.42. The maximum Gasteiger partial charge on any atom is 0.271 e. The molecule has 0 spiro atoms. The largest absolute Gasteiger partial charge is 0.484 e. The van der Waals surface area contributed by atoms with Gasteiger partial charge in [-0.1, -0.05) is 6.07 Å². The van der Waals surface area contributed by atoms with Crippen LogP contribution in [0.4, 0.5) is 11.4 Å². The number of ether oxygens (including phenoxy) is 1. The van der Waals surface area contributed by atoms with E-state index in [4.69, 9.17) is 10.00 Å². The molecular weight excluding hydrogens is 362 g/mol. The maximum atomic E-state index is 13.1. The van der Waals surface area contributed by atoms with Crippen molar-refractivity contribution in [2.24, 2.45) is 0 Å². The highest BCUT2D eigenvalue weighted by atomic mass is 32.2. The van der Waals surface area contributed by atoms with Crippen LogP contribution < -0.4 is 9.04 Å². The average molecular weight is 375 g/mol. The third-order valence-corrected chi connectivity index (χ3v) is 5.62. The Morgan fingerprint density at radius 2 is 2.12 bits per heavy atom. The lowest BCUT2D eigenvalue weighted by Gasteiger charge is -2.34. The number of hydrogen-bond donors (Lipinski definition) is 1. The first-order chi connectivity index (χ1) is 12.4. The molecule has 0 unspecified atom stereocenters. The van der Waals surface area contributed by atoms with Crippen LogP contribution in [0.2, 0.25) is 0 Å². The number of nitro benzene ring substituents is 1. The Morgan fingerprint density at radius 3 is 2.77 bits per heavy atom. The molecule has 2 aromatic rings. The minimum Gasteiger partial charge on any atom is -0.484 e. The first kappa shape index (κ1) is 17.7. The van der Waals surface area contributed by atoms with Crippen LogP contribution in [0.3, 0.4) is 0 Å². The molecule has 9 nitrogen and oxygen atoms in total. The van der Waals surface area contributed by atoms with E-state index in [2.05, 4.69) is 0 Å². The maximum absolute atomic E-state index is 13.1. The average Bonchev–Trinajstić information content (AvgIpc) is 2.66. The third-order valence-electron chi connectivity index (χ3n) is 3.84. The molecule has 0 radical (unpaired) electrons. The Hall–Kier alpha value is -3.16. The summed E-state index contributed by atoms with van der Waals surface area (Å²) in [5, 5.41) is 29.4. The van der Waals surface area contributed by atoms with Gasteiger partial charge in [0.15, 0.2) is 0 Å². The van der Waals surface area contributed by atoms with Crippen LogP contribution >= 0.6 is 0 Å². The van der Waals surface area contributed by atoms with Gasteiger partial charge in [0.25, 0.3) is 15.7 Å². The Kier molecular flexibility index (Phi) is 4.50. The van der Waals surface area contributed by atoms with E-state index >= 15 is 0 Å². The lowest BCUT2D eigenvalue weighted by Crippen LogP contribution is -2.45. The van der Waals surface area contributed by atoms with E-state index in [0.717, 1.165) is 10.4 Å². The molecule has 0 fully saturated rings. The number of fused-ring (bicyclic) bond motifs is 1. The minimum atomic E-state index is -4.12. The summed E-state index contributed by atoms with van der Waals surface area (Å²) in [6, 6.07) is 10.9. The minimum absolute atomic E-state index is 0.00580. The number of aliphatic hydroxyl groups excluding tert-OH is 1. The number of benzene rings is 2. The van der Waals surface area contributed by atoms with E-state index in [-0.39, 0.29) is 34.1 Å². The summed E-state index contributed by atoms with van der Waals surface area (Å²) in [6.45, 7) is -0.648. The highest BCUT2D eigenvalue weighted by Crippen LogP contribution is 2.39. The summed E-state index contributed by atoms with van der Waals surface area (Å²) < 4.78 is 32.6. The van der Waals surface area contributed by atoms with Crippen molar-refractivity contribution in [3.63, 3.8) is 0 Å². The van der Waals surface area contributed by atoms with Crippen LogP contribution in [0.15, 0.2) is 47.4 Å². The normalized spacial score (nSPS) is 16.3. The van der Waals surface area contributed by atoms with Gasteiger partial charge in [0.2, 0.25) is 0 Å². The van der Waals surface area contributed by atoms with E-state index in [1.165, 1.54) is 36.4 Å². The zero-order chi connectivity index (χ0) is 18.9. The quantitative estimate of drug-likeness (QED) is 0.631.